The van der Waals surface area contributed by atoms with Gasteiger partial charge in [-0.1, -0.05) is 0 Å². The Morgan fingerprint density at radius 2 is 2.16 bits per heavy atom. The molecule has 0 saturated heterocycles. The molecule has 0 atom stereocenters. The van der Waals surface area contributed by atoms with Crippen LogP contribution >= 0.6 is 0 Å². The van der Waals surface area contributed by atoms with Crippen molar-refractivity contribution in [2.45, 2.75) is 45.1 Å². The largest absolute Gasteiger partial charge is 0.490 e. The molecule has 19 heavy (non-hydrogen) atoms. The van der Waals surface area contributed by atoms with E-state index in [1.807, 2.05) is 25.1 Å². The molecule has 104 valence electrons. The highest BCUT2D eigenvalue weighted by Gasteiger charge is 2.16. The van der Waals surface area contributed by atoms with Crippen molar-refractivity contribution in [1.29, 1.82) is 0 Å². The Bertz CT molecular complexity index is 440. The van der Waals surface area contributed by atoms with Crippen molar-refractivity contribution in [2.75, 3.05) is 11.9 Å². The summed E-state index contributed by atoms with van der Waals surface area (Å²) in [6.07, 6.45) is 5.52. The summed E-state index contributed by atoms with van der Waals surface area (Å²) < 4.78 is 5.93. The van der Waals surface area contributed by atoms with Crippen LogP contribution < -0.4 is 15.8 Å². The zero-order valence-corrected chi connectivity index (χ0v) is 11.4. The smallest absolute Gasteiger partial charge is 0.225 e. The van der Waals surface area contributed by atoms with Crippen LogP contribution in [0.5, 0.6) is 5.75 Å². The molecule has 1 aliphatic rings. The van der Waals surface area contributed by atoms with E-state index in [0.29, 0.717) is 19.1 Å². The van der Waals surface area contributed by atoms with Crippen LogP contribution in [0.4, 0.5) is 5.69 Å². The molecular formula is C15H22N2O2. The monoisotopic (exact) mass is 262 g/mol. The molecule has 0 unspecified atom stereocenters. The number of anilines is 1. The van der Waals surface area contributed by atoms with Crippen LogP contribution in [-0.4, -0.2) is 18.6 Å². The fraction of sp³-hybridized carbons (Fsp3) is 0.533. The van der Waals surface area contributed by atoms with E-state index in [1.54, 1.807) is 0 Å². The number of benzene rings is 1. The van der Waals surface area contributed by atoms with Crippen LogP contribution in [0.1, 0.15) is 37.7 Å². The molecule has 0 spiro atoms. The van der Waals surface area contributed by atoms with E-state index >= 15 is 0 Å². The van der Waals surface area contributed by atoms with Crippen LogP contribution in [-0.2, 0) is 4.79 Å². The van der Waals surface area contributed by atoms with Crippen molar-refractivity contribution in [1.82, 2.24) is 0 Å². The first-order chi connectivity index (χ1) is 9.19. The Morgan fingerprint density at radius 3 is 2.79 bits per heavy atom. The van der Waals surface area contributed by atoms with Gasteiger partial charge in [-0.2, -0.15) is 0 Å². The molecule has 1 amide bonds. The predicted octanol–water partition coefficient (Wildman–Crippen LogP) is 2.60. The van der Waals surface area contributed by atoms with E-state index in [2.05, 4.69) is 5.32 Å². The minimum atomic E-state index is -0.0462. The molecular weight excluding hydrogens is 240 g/mol. The lowest BCUT2D eigenvalue weighted by Crippen LogP contribution is -2.17. The molecule has 3 N–H and O–H groups in total. The van der Waals surface area contributed by atoms with E-state index in [1.165, 1.54) is 12.8 Å². The molecule has 4 nitrogen and oxygen atoms in total. The molecule has 1 fully saturated rings. The molecule has 0 heterocycles. The highest BCUT2D eigenvalue weighted by atomic mass is 16.5. The predicted molar refractivity (Wildman–Crippen MR) is 76.4 cm³/mol. The van der Waals surface area contributed by atoms with Gasteiger partial charge < -0.3 is 15.8 Å². The third kappa shape index (κ3) is 3.96. The first kappa shape index (κ1) is 13.9. The zero-order valence-electron chi connectivity index (χ0n) is 11.4. The molecule has 1 aromatic rings. The van der Waals surface area contributed by atoms with E-state index in [9.17, 15) is 4.79 Å². The highest BCUT2D eigenvalue weighted by Crippen LogP contribution is 2.27. The molecule has 2 rings (SSSR count). The minimum absolute atomic E-state index is 0.0462. The Morgan fingerprint density at radius 1 is 1.42 bits per heavy atom. The van der Waals surface area contributed by atoms with Crippen molar-refractivity contribution in [2.24, 2.45) is 5.73 Å². The topological polar surface area (TPSA) is 64.3 Å². The van der Waals surface area contributed by atoms with Crippen molar-refractivity contribution in [3.05, 3.63) is 23.8 Å². The number of amides is 1. The first-order valence-electron chi connectivity index (χ1n) is 6.96. The van der Waals surface area contributed by atoms with Gasteiger partial charge in [0.2, 0.25) is 5.91 Å². The SMILES string of the molecule is Cc1cc(OC2CCCC2)ccc1NC(=O)CCN. The molecule has 0 aliphatic heterocycles. The lowest BCUT2D eigenvalue weighted by atomic mass is 10.2. The summed E-state index contributed by atoms with van der Waals surface area (Å²) in [7, 11) is 0. The fourth-order valence-electron chi connectivity index (χ4n) is 2.39. The van der Waals surface area contributed by atoms with E-state index in [-0.39, 0.29) is 5.91 Å². The van der Waals surface area contributed by atoms with E-state index in [0.717, 1.165) is 29.8 Å². The van der Waals surface area contributed by atoms with Gasteiger partial charge >= 0.3 is 0 Å². The van der Waals surface area contributed by atoms with Gasteiger partial charge in [-0.25, -0.2) is 0 Å². The third-order valence-electron chi connectivity index (χ3n) is 3.45. The maximum atomic E-state index is 11.5. The number of rotatable bonds is 5. The van der Waals surface area contributed by atoms with Crippen molar-refractivity contribution >= 4 is 11.6 Å². The van der Waals surface area contributed by atoms with Gasteiger partial charge in [0.15, 0.2) is 0 Å². The maximum Gasteiger partial charge on any atom is 0.225 e. The number of carbonyl (C=O) groups excluding carboxylic acids is 1. The fourth-order valence-corrected chi connectivity index (χ4v) is 2.39. The minimum Gasteiger partial charge on any atom is -0.490 e. The van der Waals surface area contributed by atoms with Crippen molar-refractivity contribution in [3.63, 3.8) is 0 Å². The molecule has 0 bridgehead atoms. The number of aryl methyl sites for hydroxylation is 1. The lowest BCUT2D eigenvalue weighted by Gasteiger charge is -2.15. The summed E-state index contributed by atoms with van der Waals surface area (Å²) in [6, 6.07) is 5.80. The first-order valence-corrected chi connectivity index (χ1v) is 6.96. The lowest BCUT2D eigenvalue weighted by molar-refractivity contribution is -0.116. The normalized spacial score (nSPS) is 15.5. The zero-order chi connectivity index (χ0) is 13.7. The average Bonchev–Trinajstić information content (AvgIpc) is 2.86. The average molecular weight is 262 g/mol. The van der Waals surface area contributed by atoms with Crippen LogP contribution in [0.2, 0.25) is 0 Å². The Labute approximate surface area is 114 Å². The van der Waals surface area contributed by atoms with Gasteiger partial charge in [-0.05, 0) is 56.4 Å². The summed E-state index contributed by atoms with van der Waals surface area (Å²) in [5, 5.41) is 2.86. The Kier molecular flexibility index (Phi) is 4.80. The molecule has 0 radical (unpaired) electrons. The maximum absolute atomic E-state index is 11.5. The number of ether oxygens (including phenoxy) is 1. The quantitative estimate of drug-likeness (QED) is 0.857. The summed E-state index contributed by atoms with van der Waals surface area (Å²) >= 11 is 0. The number of hydrogen-bond donors (Lipinski definition) is 2. The highest BCUT2D eigenvalue weighted by molar-refractivity contribution is 5.91. The molecule has 1 aliphatic carbocycles. The van der Waals surface area contributed by atoms with Crippen LogP contribution in [0.3, 0.4) is 0 Å². The summed E-state index contributed by atoms with van der Waals surface area (Å²) in [5.41, 5.74) is 7.20. The molecule has 1 saturated carbocycles. The summed E-state index contributed by atoms with van der Waals surface area (Å²) in [5.74, 6) is 0.844. The van der Waals surface area contributed by atoms with E-state index in [4.69, 9.17) is 10.5 Å². The van der Waals surface area contributed by atoms with Gasteiger partial charge in [0.05, 0.1) is 6.10 Å². The Hall–Kier alpha value is -1.55. The summed E-state index contributed by atoms with van der Waals surface area (Å²) in [4.78, 5) is 11.5. The number of hydrogen-bond acceptors (Lipinski definition) is 3. The molecule has 0 aromatic heterocycles. The van der Waals surface area contributed by atoms with Crippen LogP contribution in [0.25, 0.3) is 0 Å². The second-order valence-corrected chi connectivity index (χ2v) is 5.09. The van der Waals surface area contributed by atoms with Crippen LogP contribution in [0.15, 0.2) is 18.2 Å². The second-order valence-electron chi connectivity index (χ2n) is 5.09. The van der Waals surface area contributed by atoms with Crippen molar-refractivity contribution in [3.8, 4) is 5.75 Å². The van der Waals surface area contributed by atoms with Gasteiger partial charge in [-0.3, -0.25) is 4.79 Å². The summed E-state index contributed by atoms with van der Waals surface area (Å²) in [6.45, 7) is 2.34. The Balaban J connectivity index is 1.97. The number of nitrogens with one attached hydrogen (secondary N) is 1. The molecule has 1 aromatic carbocycles. The number of carbonyl (C=O) groups is 1. The standard InChI is InChI=1S/C15H22N2O2/c1-11-10-13(19-12-4-2-3-5-12)6-7-14(11)17-15(18)8-9-16/h6-7,10,12H,2-5,8-9,16H2,1H3,(H,17,18). The number of nitrogens with two attached hydrogens (primary N) is 1. The van der Waals surface area contributed by atoms with Gasteiger partial charge in [0.25, 0.3) is 0 Å². The van der Waals surface area contributed by atoms with Gasteiger partial charge in [-0.15, -0.1) is 0 Å². The second kappa shape index (κ2) is 6.57. The van der Waals surface area contributed by atoms with Gasteiger partial charge in [0, 0.05) is 18.7 Å². The third-order valence-corrected chi connectivity index (χ3v) is 3.45. The van der Waals surface area contributed by atoms with Crippen molar-refractivity contribution < 1.29 is 9.53 Å². The van der Waals surface area contributed by atoms with E-state index < -0.39 is 0 Å². The van der Waals surface area contributed by atoms with Crippen LogP contribution in [0, 0.1) is 6.92 Å². The molecule has 4 heteroatoms. The van der Waals surface area contributed by atoms with Gasteiger partial charge in [0.1, 0.15) is 5.75 Å².